The maximum absolute atomic E-state index is 9.97. The van der Waals surface area contributed by atoms with E-state index in [1.165, 1.54) is 0 Å². The molecule has 6 heteroatoms. The van der Waals surface area contributed by atoms with E-state index in [1.54, 1.807) is 0 Å². The van der Waals surface area contributed by atoms with Crippen LogP contribution in [0.15, 0.2) is 36.7 Å². The second-order valence-corrected chi connectivity index (χ2v) is 7.68. The van der Waals surface area contributed by atoms with E-state index in [2.05, 4.69) is 40.7 Å². The van der Waals surface area contributed by atoms with Crippen LogP contribution in [0, 0.1) is 5.41 Å². The Morgan fingerprint density at radius 2 is 1.96 bits per heavy atom. The summed E-state index contributed by atoms with van der Waals surface area (Å²) in [4.78, 5) is 6.70. The van der Waals surface area contributed by atoms with Gasteiger partial charge in [0.05, 0.1) is 13.2 Å². The first-order valence-electron chi connectivity index (χ1n) is 9.70. The number of aromatic nitrogens is 2. The lowest BCUT2D eigenvalue weighted by atomic mass is 9.81. The van der Waals surface area contributed by atoms with E-state index in [0.717, 1.165) is 49.5 Å². The van der Waals surface area contributed by atoms with Crippen LogP contribution >= 0.6 is 0 Å². The molecular formula is C21H31N3O3. The van der Waals surface area contributed by atoms with Gasteiger partial charge in [-0.15, -0.1) is 0 Å². The van der Waals surface area contributed by atoms with Gasteiger partial charge in [-0.3, -0.25) is 0 Å². The zero-order valence-electron chi connectivity index (χ0n) is 16.4. The van der Waals surface area contributed by atoms with Crippen molar-refractivity contribution in [2.24, 2.45) is 5.41 Å². The van der Waals surface area contributed by atoms with Gasteiger partial charge in [-0.2, -0.15) is 0 Å². The number of aliphatic hydroxyl groups is 1. The van der Waals surface area contributed by atoms with Crippen LogP contribution in [0.1, 0.15) is 19.3 Å². The van der Waals surface area contributed by atoms with Gasteiger partial charge >= 0.3 is 0 Å². The Morgan fingerprint density at radius 1 is 1.22 bits per heavy atom. The van der Waals surface area contributed by atoms with Crippen LogP contribution in [0.4, 0.5) is 0 Å². The predicted molar refractivity (Wildman–Crippen MR) is 106 cm³/mol. The van der Waals surface area contributed by atoms with Crippen molar-refractivity contribution in [3.63, 3.8) is 0 Å². The Kier molecular flexibility index (Phi) is 6.88. The van der Waals surface area contributed by atoms with Gasteiger partial charge in [-0.1, -0.05) is 0 Å². The van der Waals surface area contributed by atoms with E-state index in [1.807, 2.05) is 24.5 Å². The topological polar surface area (TPSA) is 59.8 Å². The molecule has 0 spiro atoms. The maximum Gasteiger partial charge on any atom is 0.139 e. The third-order valence-electron chi connectivity index (χ3n) is 5.24. The van der Waals surface area contributed by atoms with E-state index in [4.69, 9.17) is 9.47 Å². The normalized spacial score (nSPS) is 16.6. The molecular weight excluding hydrogens is 342 g/mol. The van der Waals surface area contributed by atoms with Gasteiger partial charge < -0.3 is 24.0 Å². The molecule has 0 radical (unpaired) electrons. The molecule has 0 unspecified atom stereocenters. The van der Waals surface area contributed by atoms with Crippen LogP contribution in [0.2, 0.25) is 0 Å². The number of aliphatic hydroxyl groups excluding tert-OH is 1. The van der Waals surface area contributed by atoms with Gasteiger partial charge in [-0.05, 0) is 57.6 Å². The molecule has 1 N–H and O–H groups in total. The van der Waals surface area contributed by atoms with Gasteiger partial charge in [0.25, 0.3) is 0 Å². The second-order valence-electron chi connectivity index (χ2n) is 7.68. The fourth-order valence-electron chi connectivity index (χ4n) is 3.50. The monoisotopic (exact) mass is 373 g/mol. The summed E-state index contributed by atoms with van der Waals surface area (Å²) in [5.41, 5.74) is 0.934. The number of hydrogen-bond acceptors (Lipinski definition) is 5. The smallest absolute Gasteiger partial charge is 0.139 e. The lowest BCUT2D eigenvalue weighted by Crippen LogP contribution is -2.37. The van der Waals surface area contributed by atoms with E-state index in [-0.39, 0.29) is 12.0 Å². The highest BCUT2D eigenvalue weighted by molar-refractivity contribution is 5.56. The molecule has 1 fully saturated rings. The van der Waals surface area contributed by atoms with Crippen molar-refractivity contribution in [1.82, 2.24) is 14.5 Å². The van der Waals surface area contributed by atoms with Crippen molar-refractivity contribution in [2.75, 3.05) is 47.1 Å². The van der Waals surface area contributed by atoms with Crippen molar-refractivity contribution in [2.45, 2.75) is 25.8 Å². The highest BCUT2D eigenvalue weighted by atomic mass is 16.5. The molecule has 1 aromatic heterocycles. The summed E-state index contributed by atoms with van der Waals surface area (Å²) in [7, 11) is 4.14. The molecule has 1 aromatic carbocycles. The van der Waals surface area contributed by atoms with Crippen molar-refractivity contribution < 1.29 is 14.6 Å². The quantitative estimate of drug-likeness (QED) is 0.685. The molecule has 2 aromatic rings. The van der Waals surface area contributed by atoms with E-state index < -0.39 is 0 Å². The van der Waals surface area contributed by atoms with Gasteiger partial charge in [-0.25, -0.2) is 4.98 Å². The largest absolute Gasteiger partial charge is 0.494 e. The summed E-state index contributed by atoms with van der Waals surface area (Å²) in [5.74, 6) is 1.81. The zero-order chi connectivity index (χ0) is 19.1. The second kappa shape index (κ2) is 9.35. The minimum absolute atomic E-state index is 0.122. The number of benzene rings is 1. The van der Waals surface area contributed by atoms with Crippen LogP contribution < -0.4 is 4.74 Å². The van der Waals surface area contributed by atoms with Gasteiger partial charge in [0.15, 0.2) is 0 Å². The Balaban J connectivity index is 1.64. The minimum atomic E-state index is -0.122. The zero-order valence-corrected chi connectivity index (χ0v) is 16.4. The molecule has 1 saturated heterocycles. The number of rotatable bonds is 9. The summed E-state index contributed by atoms with van der Waals surface area (Å²) in [6.45, 7) is 4.09. The van der Waals surface area contributed by atoms with E-state index in [9.17, 15) is 5.11 Å². The van der Waals surface area contributed by atoms with Crippen LogP contribution in [0.3, 0.4) is 0 Å². The molecule has 0 atom stereocenters. The molecule has 0 aliphatic carbocycles. The van der Waals surface area contributed by atoms with Gasteiger partial charge in [0.2, 0.25) is 0 Å². The number of ether oxygens (including phenoxy) is 2. The van der Waals surface area contributed by atoms with Crippen LogP contribution in [0.5, 0.6) is 5.75 Å². The molecule has 0 saturated carbocycles. The fourth-order valence-corrected chi connectivity index (χ4v) is 3.50. The van der Waals surface area contributed by atoms with Crippen LogP contribution in [0.25, 0.3) is 11.4 Å². The fraction of sp³-hybridized carbons (Fsp3) is 0.571. The standard InChI is InChI=1S/C21H31N3O3/c1-23(2)11-3-13-27-19-6-4-18(5-7-19)20-22-10-12-24(20)16-21(17-25)8-14-26-15-9-21/h4-7,10,12,25H,3,8-9,11,13-17H2,1-2H3. The predicted octanol–water partition coefficient (Wildman–Crippen LogP) is 2.67. The van der Waals surface area contributed by atoms with Gasteiger partial charge in [0.1, 0.15) is 11.6 Å². The molecule has 148 valence electrons. The molecule has 0 amide bonds. The highest BCUT2D eigenvalue weighted by Gasteiger charge is 2.33. The number of nitrogens with zero attached hydrogens (tertiary/aromatic N) is 3. The Hall–Kier alpha value is -1.89. The third kappa shape index (κ3) is 5.31. The summed E-state index contributed by atoms with van der Waals surface area (Å²) in [6, 6.07) is 8.10. The maximum atomic E-state index is 9.97. The van der Waals surface area contributed by atoms with Crippen molar-refractivity contribution >= 4 is 0 Å². The Labute approximate surface area is 161 Å². The summed E-state index contributed by atoms with van der Waals surface area (Å²) < 4.78 is 13.4. The molecule has 6 nitrogen and oxygen atoms in total. The molecule has 1 aliphatic heterocycles. The van der Waals surface area contributed by atoms with Gasteiger partial charge in [0, 0.05) is 49.7 Å². The molecule has 3 rings (SSSR count). The minimum Gasteiger partial charge on any atom is -0.494 e. The summed E-state index contributed by atoms with van der Waals surface area (Å²) in [6.07, 6.45) is 6.58. The highest BCUT2D eigenvalue weighted by Crippen LogP contribution is 2.33. The summed E-state index contributed by atoms with van der Waals surface area (Å²) in [5, 5.41) is 9.97. The summed E-state index contributed by atoms with van der Waals surface area (Å²) >= 11 is 0. The first-order valence-corrected chi connectivity index (χ1v) is 9.70. The molecule has 2 heterocycles. The first-order chi connectivity index (χ1) is 13.1. The van der Waals surface area contributed by atoms with Crippen LogP contribution in [-0.4, -0.2) is 66.6 Å². The lowest BCUT2D eigenvalue weighted by molar-refractivity contribution is -0.0250. The van der Waals surface area contributed by atoms with Crippen molar-refractivity contribution in [3.8, 4) is 17.1 Å². The average Bonchev–Trinajstić information content (AvgIpc) is 3.14. The van der Waals surface area contributed by atoms with E-state index in [0.29, 0.717) is 19.8 Å². The number of hydrogen-bond donors (Lipinski definition) is 1. The average molecular weight is 373 g/mol. The Morgan fingerprint density at radius 3 is 2.63 bits per heavy atom. The van der Waals surface area contributed by atoms with Crippen molar-refractivity contribution in [1.29, 1.82) is 0 Å². The molecule has 27 heavy (non-hydrogen) atoms. The van der Waals surface area contributed by atoms with E-state index >= 15 is 0 Å². The van der Waals surface area contributed by atoms with Crippen LogP contribution in [-0.2, 0) is 11.3 Å². The molecule has 0 bridgehead atoms. The van der Waals surface area contributed by atoms with Crippen molar-refractivity contribution in [3.05, 3.63) is 36.7 Å². The number of imidazole rings is 1. The third-order valence-corrected chi connectivity index (χ3v) is 5.24. The lowest BCUT2D eigenvalue weighted by Gasteiger charge is -2.36. The molecule has 1 aliphatic rings. The SMILES string of the molecule is CN(C)CCCOc1ccc(-c2nccn2CC2(CO)CCOCC2)cc1. The Bertz CT molecular complexity index is 691. The first kappa shape index (κ1) is 19.9.